The summed E-state index contributed by atoms with van der Waals surface area (Å²) in [5.74, 6) is 0. The van der Waals surface area contributed by atoms with Crippen LogP contribution in [0, 0.1) is 6.92 Å². The van der Waals surface area contributed by atoms with Gasteiger partial charge in [0.15, 0.2) is 0 Å². The van der Waals surface area contributed by atoms with Crippen LogP contribution < -0.4 is 0 Å². The quantitative estimate of drug-likeness (QED) is 0.782. The highest BCUT2D eigenvalue weighted by Gasteiger charge is 2.23. The van der Waals surface area contributed by atoms with E-state index in [-0.39, 0.29) is 6.09 Å². The Balaban J connectivity index is 1.98. The summed E-state index contributed by atoms with van der Waals surface area (Å²) in [6.45, 7) is 8.84. The standard InChI is InChI=1S/C14H21N3O2/c1-11-5-10-17(15-11)12-6-8-16(9-7-12)13(18)19-14(2,3)4/h5-6,10H,7-9H2,1-4H3. The Labute approximate surface area is 113 Å². The molecule has 1 aromatic rings. The Morgan fingerprint density at radius 3 is 2.63 bits per heavy atom. The SMILES string of the molecule is Cc1ccn(C2=CCN(C(=O)OC(C)(C)C)CC2)n1. The van der Waals surface area contributed by atoms with E-state index >= 15 is 0 Å². The molecule has 0 spiro atoms. The molecule has 1 aliphatic rings. The summed E-state index contributed by atoms with van der Waals surface area (Å²) in [7, 11) is 0. The molecule has 5 heteroatoms. The van der Waals surface area contributed by atoms with Crippen LogP contribution in [0.4, 0.5) is 4.79 Å². The van der Waals surface area contributed by atoms with E-state index in [0.717, 1.165) is 17.8 Å². The molecule has 2 heterocycles. The molecule has 0 bridgehead atoms. The topological polar surface area (TPSA) is 47.4 Å². The predicted octanol–water partition coefficient (Wildman–Crippen LogP) is 2.67. The van der Waals surface area contributed by atoms with Crippen molar-refractivity contribution in [2.45, 2.75) is 39.7 Å². The van der Waals surface area contributed by atoms with Gasteiger partial charge in [-0.2, -0.15) is 5.10 Å². The first kappa shape index (κ1) is 13.6. The number of rotatable bonds is 1. The van der Waals surface area contributed by atoms with E-state index < -0.39 is 5.60 Å². The van der Waals surface area contributed by atoms with Gasteiger partial charge in [0.25, 0.3) is 0 Å². The lowest BCUT2D eigenvalue weighted by Crippen LogP contribution is -2.39. The van der Waals surface area contributed by atoms with Crippen molar-refractivity contribution in [1.29, 1.82) is 0 Å². The first-order valence-corrected chi connectivity index (χ1v) is 6.55. The predicted molar refractivity (Wildman–Crippen MR) is 73.7 cm³/mol. The van der Waals surface area contributed by atoms with Crippen molar-refractivity contribution in [2.24, 2.45) is 0 Å². The molecule has 19 heavy (non-hydrogen) atoms. The zero-order valence-corrected chi connectivity index (χ0v) is 12.0. The zero-order valence-electron chi connectivity index (χ0n) is 12.0. The molecule has 0 N–H and O–H groups in total. The van der Waals surface area contributed by atoms with E-state index in [1.54, 1.807) is 4.90 Å². The minimum atomic E-state index is -0.444. The normalized spacial score (nSPS) is 16.2. The molecule has 0 unspecified atom stereocenters. The van der Waals surface area contributed by atoms with Gasteiger partial charge in [0, 0.05) is 31.4 Å². The lowest BCUT2D eigenvalue weighted by atomic mass is 10.2. The molecule has 0 fully saturated rings. The van der Waals surface area contributed by atoms with Crippen LogP contribution in [0.1, 0.15) is 32.9 Å². The molecule has 2 rings (SSSR count). The van der Waals surface area contributed by atoms with Crippen molar-refractivity contribution in [1.82, 2.24) is 14.7 Å². The second kappa shape index (κ2) is 5.07. The summed E-state index contributed by atoms with van der Waals surface area (Å²) >= 11 is 0. The van der Waals surface area contributed by atoms with Gasteiger partial charge in [-0.25, -0.2) is 9.48 Å². The van der Waals surface area contributed by atoms with Gasteiger partial charge in [0.05, 0.1) is 5.69 Å². The third-order valence-electron chi connectivity index (χ3n) is 2.85. The summed E-state index contributed by atoms with van der Waals surface area (Å²) in [5.41, 5.74) is 1.68. The van der Waals surface area contributed by atoms with Crippen LogP contribution in [0.15, 0.2) is 18.3 Å². The monoisotopic (exact) mass is 263 g/mol. The first-order chi connectivity index (χ1) is 8.85. The minimum Gasteiger partial charge on any atom is -0.444 e. The van der Waals surface area contributed by atoms with Gasteiger partial charge >= 0.3 is 6.09 Å². The largest absolute Gasteiger partial charge is 0.444 e. The molecule has 1 amide bonds. The Bertz CT molecular complexity index is 497. The number of hydrogen-bond donors (Lipinski definition) is 0. The number of carbonyl (C=O) groups excluding carboxylic acids is 1. The van der Waals surface area contributed by atoms with E-state index in [1.165, 1.54) is 0 Å². The van der Waals surface area contributed by atoms with Crippen molar-refractivity contribution in [3.8, 4) is 0 Å². The maximum Gasteiger partial charge on any atom is 0.410 e. The van der Waals surface area contributed by atoms with E-state index in [9.17, 15) is 4.79 Å². The average molecular weight is 263 g/mol. The van der Waals surface area contributed by atoms with Crippen LogP contribution in [-0.4, -0.2) is 39.5 Å². The maximum atomic E-state index is 11.9. The summed E-state index contributed by atoms with van der Waals surface area (Å²) < 4.78 is 7.23. The molecule has 0 aliphatic carbocycles. The second-order valence-corrected chi connectivity index (χ2v) is 5.77. The fourth-order valence-electron chi connectivity index (χ4n) is 1.93. The van der Waals surface area contributed by atoms with Gasteiger partial charge in [0.2, 0.25) is 0 Å². The van der Waals surface area contributed by atoms with Crippen LogP contribution in [0.2, 0.25) is 0 Å². The Kier molecular flexibility index (Phi) is 3.64. The van der Waals surface area contributed by atoms with Crippen LogP contribution in [0.25, 0.3) is 5.70 Å². The second-order valence-electron chi connectivity index (χ2n) is 5.77. The highest BCUT2D eigenvalue weighted by Crippen LogP contribution is 2.18. The molecule has 0 saturated carbocycles. The van der Waals surface area contributed by atoms with E-state index in [4.69, 9.17) is 4.74 Å². The molecule has 0 saturated heterocycles. The number of aryl methyl sites for hydroxylation is 1. The number of amides is 1. The summed E-state index contributed by atoms with van der Waals surface area (Å²) in [6.07, 6.45) is 4.52. The Hall–Kier alpha value is -1.78. The van der Waals surface area contributed by atoms with Gasteiger partial charge < -0.3 is 9.64 Å². The molecule has 1 aliphatic heterocycles. The number of carbonyl (C=O) groups is 1. The molecular weight excluding hydrogens is 242 g/mol. The van der Waals surface area contributed by atoms with Crippen LogP contribution in [0.3, 0.4) is 0 Å². The summed E-state index contributed by atoms with van der Waals surface area (Å²) in [4.78, 5) is 13.6. The van der Waals surface area contributed by atoms with Crippen LogP contribution >= 0.6 is 0 Å². The van der Waals surface area contributed by atoms with Crippen molar-refractivity contribution in [3.63, 3.8) is 0 Å². The summed E-state index contributed by atoms with van der Waals surface area (Å²) in [6, 6.07) is 1.97. The fraction of sp³-hybridized carbons (Fsp3) is 0.571. The average Bonchev–Trinajstić information content (AvgIpc) is 2.74. The third-order valence-corrected chi connectivity index (χ3v) is 2.85. The minimum absolute atomic E-state index is 0.251. The van der Waals surface area contributed by atoms with E-state index in [1.807, 2.05) is 50.7 Å². The highest BCUT2D eigenvalue weighted by atomic mass is 16.6. The number of nitrogens with zero attached hydrogens (tertiary/aromatic N) is 3. The van der Waals surface area contributed by atoms with Gasteiger partial charge in [0.1, 0.15) is 5.60 Å². The van der Waals surface area contributed by atoms with Gasteiger partial charge in [-0.05, 0) is 39.8 Å². The number of aromatic nitrogens is 2. The first-order valence-electron chi connectivity index (χ1n) is 6.55. The van der Waals surface area contributed by atoms with E-state index in [0.29, 0.717) is 13.1 Å². The van der Waals surface area contributed by atoms with Crippen LogP contribution in [-0.2, 0) is 4.74 Å². The molecule has 1 aromatic heterocycles. The molecule has 0 radical (unpaired) electrons. The molecular formula is C14H21N3O2. The van der Waals surface area contributed by atoms with Crippen LogP contribution in [0.5, 0.6) is 0 Å². The fourth-order valence-corrected chi connectivity index (χ4v) is 1.93. The molecule has 5 nitrogen and oxygen atoms in total. The van der Waals surface area contributed by atoms with Gasteiger partial charge in [-0.3, -0.25) is 0 Å². The van der Waals surface area contributed by atoms with Crippen molar-refractivity contribution in [3.05, 3.63) is 24.0 Å². The molecule has 0 aromatic carbocycles. The molecule has 104 valence electrons. The maximum absolute atomic E-state index is 11.9. The Morgan fingerprint density at radius 1 is 1.42 bits per heavy atom. The van der Waals surface area contributed by atoms with E-state index in [2.05, 4.69) is 5.10 Å². The van der Waals surface area contributed by atoms with Crippen molar-refractivity contribution < 1.29 is 9.53 Å². The third kappa shape index (κ3) is 3.59. The van der Waals surface area contributed by atoms with Crippen molar-refractivity contribution >= 4 is 11.8 Å². The van der Waals surface area contributed by atoms with Crippen molar-refractivity contribution in [2.75, 3.05) is 13.1 Å². The highest BCUT2D eigenvalue weighted by molar-refractivity contribution is 5.69. The smallest absolute Gasteiger partial charge is 0.410 e. The zero-order chi connectivity index (χ0) is 14.0. The molecule has 0 atom stereocenters. The summed E-state index contributed by atoms with van der Waals surface area (Å²) in [5, 5.41) is 4.38. The Morgan fingerprint density at radius 2 is 2.16 bits per heavy atom. The lowest BCUT2D eigenvalue weighted by molar-refractivity contribution is 0.0269. The lowest BCUT2D eigenvalue weighted by Gasteiger charge is -2.29. The number of hydrogen-bond acceptors (Lipinski definition) is 3. The number of ether oxygens (including phenoxy) is 1. The van der Waals surface area contributed by atoms with Gasteiger partial charge in [-0.1, -0.05) is 0 Å². The van der Waals surface area contributed by atoms with Gasteiger partial charge in [-0.15, -0.1) is 0 Å².